The third kappa shape index (κ3) is 17.8. The van der Waals surface area contributed by atoms with Crippen molar-refractivity contribution in [1.82, 2.24) is 96.6 Å². The number of nitrogens with one attached hydrogen (secondary N) is 7. The maximum absolute atomic E-state index is 13.0. The van der Waals surface area contributed by atoms with Crippen molar-refractivity contribution in [3.8, 4) is 0 Å². The number of hydrogen-bond donors (Lipinski definition) is 9. The molecular formula is C86H90N24O9. The van der Waals surface area contributed by atoms with Crippen molar-refractivity contribution < 1.29 is 43.5 Å². The molecule has 10 N–H and O–H groups in total. The van der Waals surface area contributed by atoms with Crippen LogP contribution >= 0.6 is 0 Å². The number of benzene rings is 4. The zero-order valence-electron chi connectivity index (χ0n) is 64.0. The molecule has 2 unspecified atom stereocenters. The number of carbonyl (C=O) groups is 8. The fraction of sp³-hybridized carbons (Fsp3) is 0.302. The molecule has 33 nitrogen and oxygen atoms in total. The van der Waals surface area contributed by atoms with Crippen LogP contribution < -0.4 is 41.3 Å². The van der Waals surface area contributed by atoms with Crippen LogP contribution in [0.4, 0.5) is 23.3 Å². The van der Waals surface area contributed by atoms with E-state index < -0.39 is 41.8 Å². The van der Waals surface area contributed by atoms with Crippen LogP contribution in [0, 0.1) is 23.7 Å². The fourth-order valence-corrected chi connectivity index (χ4v) is 15.9. The average molecular weight is 1600 g/mol. The molecule has 608 valence electrons. The van der Waals surface area contributed by atoms with Crippen molar-refractivity contribution in [1.29, 1.82) is 0 Å². The number of carboxylic acid groups (broad SMARTS) is 1. The van der Waals surface area contributed by atoms with Gasteiger partial charge in [-0.1, -0.05) is 160 Å². The minimum absolute atomic E-state index is 0. The zero-order valence-corrected chi connectivity index (χ0v) is 64.0. The summed E-state index contributed by atoms with van der Waals surface area (Å²) < 4.78 is 0. The van der Waals surface area contributed by atoms with E-state index in [1.165, 1.54) is 20.3 Å². The van der Waals surface area contributed by atoms with Crippen LogP contribution in [-0.2, 0) is 44.9 Å². The summed E-state index contributed by atoms with van der Waals surface area (Å²) in [6, 6.07) is 52.6. The third-order valence-corrected chi connectivity index (χ3v) is 22.3. The minimum atomic E-state index is -1.12. The minimum Gasteiger partial charge on any atom is -0.475 e. The number of carbonyl (C=O) groups excluding carboxylic acids is 7. The summed E-state index contributed by atoms with van der Waals surface area (Å²) in [7, 11) is 6.84. The number of pyridine rings is 4. The van der Waals surface area contributed by atoms with E-state index in [-0.39, 0.29) is 103 Å². The van der Waals surface area contributed by atoms with Gasteiger partial charge in [0, 0.05) is 78.7 Å². The Morgan fingerprint density at radius 3 is 0.874 bits per heavy atom. The predicted molar refractivity (Wildman–Crippen MR) is 439 cm³/mol. The standard InChI is InChI=1S/3C21H20N6O2.C11H13N3O.C10H9N3O2.2CH4/c3*1-27-19-13(8-5-9-22-19)14-11-15(14)17(21(27)29)24-20(28)18-23-16(25-26-18)10-12-6-3-2-4-7-12;1-14-10-6(3-2-4-13-10)7-5-8(7)9(12)11(14)15;14-10(15)9-11-8(12-13-9)6-7-4-2-1-3-5-7;;/h3*2-9,14-15,17H,10-11H2,1H3,(H,24,28)(H,23,25,26);2-4,7-9H,5,12H2,1H3;1-5H,6H2,(H,14,15)(H,11,12,13);2*1H4/t14-,15?,17-;2*14-,15-,17-;7-,8?,9-;;;/m0100.../s1. The first-order valence-electron chi connectivity index (χ1n) is 38.4. The number of fused-ring (bicyclic) bond motifs is 12. The van der Waals surface area contributed by atoms with E-state index in [1.54, 1.807) is 57.9 Å². The molecule has 4 fully saturated rings. The lowest BCUT2D eigenvalue weighted by Crippen LogP contribution is -2.48. The molecule has 0 spiro atoms. The number of likely N-dealkylation sites (N-methyl/N-ethyl adjacent to an activating group) is 4. The topological polar surface area (TPSA) is 450 Å². The van der Waals surface area contributed by atoms with Crippen molar-refractivity contribution in [2.75, 3.05) is 47.8 Å². The lowest BCUT2D eigenvalue weighted by atomic mass is 10.1. The van der Waals surface area contributed by atoms with Gasteiger partial charge in [-0.15, -0.1) is 20.4 Å². The number of amides is 7. The quantitative estimate of drug-likeness (QED) is 0.0471. The second-order valence-electron chi connectivity index (χ2n) is 30.0. The molecule has 4 aliphatic carbocycles. The van der Waals surface area contributed by atoms with Crippen molar-refractivity contribution in [3.63, 3.8) is 0 Å². The van der Waals surface area contributed by atoms with Gasteiger partial charge in [-0.3, -0.25) is 73.6 Å². The molecule has 8 aromatic heterocycles. The Morgan fingerprint density at radius 1 is 0.361 bits per heavy atom. The molecule has 33 heteroatoms. The fourth-order valence-electron chi connectivity index (χ4n) is 15.9. The number of rotatable bonds is 15. The molecule has 12 aromatic rings. The highest BCUT2D eigenvalue weighted by Crippen LogP contribution is 2.57. The molecule has 8 aliphatic rings. The van der Waals surface area contributed by atoms with Crippen molar-refractivity contribution in [2.24, 2.45) is 29.4 Å². The number of aromatic amines is 4. The smallest absolute Gasteiger partial charge is 0.375 e. The highest BCUT2D eigenvalue weighted by atomic mass is 16.4. The third-order valence-electron chi connectivity index (χ3n) is 22.3. The largest absolute Gasteiger partial charge is 0.475 e. The summed E-state index contributed by atoms with van der Waals surface area (Å²) >= 11 is 0. The molecule has 119 heavy (non-hydrogen) atoms. The van der Waals surface area contributed by atoms with E-state index in [1.807, 2.05) is 164 Å². The zero-order chi connectivity index (χ0) is 81.1. The summed E-state index contributed by atoms with van der Waals surface area (Å²) in [5.41, 5.74) is 14.6. The lowest BCUT2D eigenvalue weighted by molar-refractivity contribution is -0.121. The van der Waals surface area contributed by atoms with Gasteiger partial charge in [-0.2, -0.15) is 0 Å². The number of anilines is 4. The molecule has 7 amide bonds. The number of H-pyrrole nitrogens is 4. The van der Waals surface area contributed by atoms with Gasteiger partial charge in [0.1, 0.15) is 64.7 Å². The highest BCUT2D eigenvalue weighted by Gasteiger charge is 2.56. The Morgan fingerprint density at radius 2 is 0.605 bits per heavy atom. The molecule has 4 aromatic carbocycles. The number of aromatic nitrogens is 16. The molecule has 4 aliphatic heterocycles. The van der Waals surface area contributed by atoms with Crippen molar-refractivity contribution in [3.05, 3.63) is 286 Å². The molecular weight excluding hydrogens is 1510 g/mol. The monoisotopic (exact) mass is 1600 g/mol. The van der Waals surface area contributed by atoms with Crippen LogP contribution in [0.1, 0.15) is 174 Å². The van der Waals surface area contributed by atoms with Crippen LogP contribution in [0.2, 0.25) is 0 Å². The second kappa shape index (κ2) is 35.1. The maximum atomic E-state index is 13.0. The van der Waals surface area contributed by atoms with E-state index in [9.17, 15) is 38.4 Å². The van der Waals surface area contributed by atoms with Crippen LogP contribution in [0.3, 0.4) is 0 Å². The Balaban J connectivity index is 0.000000125. The van der Waals surface area contributed by atoms with E-state index >= 15 is 0 Å². The number of nitrogens with two attached hydrogens (primary N) is 1. The maximum Gasteiger partial charge on any atom is 0.375 e. The number of carboxylic acids is 1. The SMILES string of the molecule is C.C.CN1C(=O)[C@@H](N)C2C[C@H]2c2cccnc21.CN1C(=O)[C@@H](NC(=O)c2n[nH]c(Cc3ccccc3)n2)C2C[C@H]2c2cccnc21.CN1C(=O)[C@@H](NC(=O)c2n[nH]c(Cc3ccccc3)n2)[C@H]2C[C@H]2c2cccnc21.CN1C(=O)[C@H](NC(=O)c2n[nH]c(Cc3ccccc3)n2)[C@@H]2C[C@@H]2c2cccnc21.O=C(O)c1n[nH]c(Cc2ccccc2)n1. The van der Waals surface area contributed by atoms with E-state index in [0.717, 1.165) is 70.4 Å². The average Bonchev–Trinajstić information content (AvgIpc) is 1.61. The Kier molecular flexibility index (Phi) is 24.0. The number of nitrogens with zero attached hydrogens (tertiary/aromatic N) is 16. The Labute approximate surface area is 684 Å². The van der Waals surface area contributed by atoms with Crippen LogP contribution in [0.5, 0.6) is 0 Å². The highest BCUT2D eigenvalue weighted by molar-refractivity contribution is 6.05. The van der Waals surface area contributed by atoms with Gasteiger partial charge in [0.2, 0.25) is 23.4 Å². The lowest BCUT2D eigenvalue weighted by Gasteiger charge is -2.22. The van der Waals surface area contributed by atoms with Gasteiger partial charge in [0.25, 0.3) is 41.3 Å². The normalized spacial score (nSPS) is 21.9. The number of hydrogen-bond acceptors (Lipinski definition) is 21. The van der Waals surface area contributed by atoms with Crippen molar-refractivity contribution >= 4 is 70.6 Å². The van der Waals surface area contributed by atoms with Crippen molar-refractivity contribution in [2.45, 2.75) is 114 Å². The van der Waals surface area contributed by atoms with E-state index in [0.29, 0.717) is 78.3 Å². The summed E-state index contributed by atoms with van der Waals surface area (Å²) in [4.78, 5) is 140. The first-order chi connectivity index (χ1) is 56.8. The van der Waals surface area contributed by atoms with Gasteiger partial charge < -0.3 is 26.8 Å². The summed E-state index contributed by atoms with van der Waals surface area (Å²) in [6.07, 6.45) is 12.6. The van der Waals surface area contributed by atoms with Gasteiger partial charge in [0.05, 0.1) is 6.04 Å². The molecule has 0 bridgehead atoms. The predicted octanol–water partition coefficient (Wildman–Crippen LogP) is 7.86. The first kappa shape index (κ1) is 81.3. The van der Waals surface area contributed by atoms with Crippen LogP contribution in [-0.4, -0.2) is 185 Å². The van der Waals surface area contributed by atoms with Gasteiger partial charge >= 0.3 is 5.97 Å². The number of aromatic carboxylic acids is 1. The Bertz CT molecular complexity index is 5280. The molecule has 0 saturated heterocycles. The second-order valence-corrected chi connectivity index (χ2v) is 30.0. The van der Waals surface area contributed by atoms with Gasteiger partial charge in [0.15, 0.2) is 0 Å². The molecule has 0 radical (unpaired) electrons. The Hall–Kier alpha value is -14.2. The van der Waals surface area contributed by atoms with Crippen LogP contribution in [0.15, 0.2) is 195 Å². The summed E-state index contributed by atoms with van der Waals surface area (Å²) in [5.74, 6) is 3.82. The summed E-state index contributed by atoms with van der Waals surface area (Å²) in [6.45, 7) is 0. The van der Waals surface area contributed by atoms with E-state index in [2.05, 4.69) is 103 Å². The van der Waals surface area contributed by atoms with Crippen LogP contribution in [0.25, 0.3) is 0 Å². The van der Waals surface area contributed by atoms with E-state index in [4.69, 9.17) is 10.8 Å². The van der Waals surface area contributed by atoms with Gasteiger partial charge in [-0.05, 0) is 142 Å². The van der Waals surface area contributed by atoms with Gasteiger partial charge in [-0.25, -0.2) is 44.7 Å². The first-order valence-corrected chi connectivity index (χ1v) is 38.4. The molecule has 20 rings (SSSR count). The molecule has 12 atom stereocenters. The summed E-state index contributed by atoms with van der Waals surface area (Å²) in [5, 5.41) is 43.9. The molecule has 12 heterocycles. The molecule has 4 saturated carbocycles.